The molecule has 1 aliphatic carbocycles. The Morgan fingerprint density at radius 3 is 2.82 bits per heavy atom. The number of carbonyl (C=O) groups excluding carboxylic acids is 1. The van der Waals surface area contributed by atoms with Crippen molar-refractivity contribution in [3.63, 3.8) is 0 Å². The van der Waals surface area contributed by atoms with Crippen molar-refractivity contribution in [1.82, 2.24) is 20.0 Å². The van der Waals surface area contributed by atoms with E-state index >= 15 is 4.39 Å². The number of allylic oxidation sites excluding steroid dienone is 3. The van der Waals surface area contributed by atoms with E-state index in [1.54, 1.807) is 42.0 Å². The van der Waals surface area contributed by atoms with Crippen LogP contribution < -0.4 is 14.8 Å². The molecule has 1 amide bonds. The summed E-state index contributed by atoms with van der Waals surface area (Å²) in [5.74, 6) is -2.10. The van der Waals surface area contributed by atoms with Crippen LogP contribution in [-0.4, -0.2) is 63.5 Å². The van der Waals surface area contributed by atoms with Crippen LogP contribution in [0, 0.1) is 11.7 Å². The Kier molecular flexibility index (Phi) is 6.80. The van der Waals surface area contributed by atoms with Gasteiger partial charge in [-0.15, -0.1) is 0 Å². The number of methoxy groups -OCH3 is 1. The average molecular weight is 640 g/mol. The van der Waals surface area contributed by atoms with Crippen LogP contribution in [0.1, 0.15) is 47.6 Å². The first kappa shape index (κ1) is 28.9. The molecule has 2 aromatic carbocycles. The maximum absolute atomic E-state index is 16.2. The molecule has 12 heteroatoms. The maximum atomic E-state index is 16.2. The van der Waals surface area contributed by atoms with Crippen molar-refractivity contribution in [2.45, 2.75) is 43.3 Å². The van der Waals surface area contributed by atoms with Crippen LogP contribution in [0.5, 0.6) is 11.6 Å². The largest absolute Gasteiger partial charge is 0.496 e. The zero-order chi connectivity index (χ0) is 31.1. The first-order valence-electron chi connectivity index (χ1n) is 14.3. The van der Waals surface area contributed by atoms with Gasteiger partial charge in [-0.1, -0.05) is 48.0 Å². The molecule has 228 valence electrons. The van der Waals surface area contributed by atoms with Crippen molar-refractivity contribution in [2.75, 3.05) is 20.3 Å². The third-order valence-corrected chi connectivity index (χ3v) is 9.94. The van der Waals surface area contributed by atoms with Crippen LogP contribution in [0.4, 0.5) is 4.39 Å². The second-order valence-corrected chi connectivity index (χ2v) is 12.5. The monoisotopic (exact) mass is 638 g/mol. The number of amides is 1. The summed E-state index contributed by atoms with van der Waals surface area (Å²) in [7, 11) is 1.39. The Bertz CT molecular complexity index is 1830. The number of carboxylic acids is 1. The second kappa shape index (κ2) is 10.4. The van der Waals surface area contributed by atoms with Gasteiger partial charge in [0.25, 0.3) is 0 Å². The number of aromatic nitrogens is 2. The highest BCUT2D eigenvalue weighted by atomic mass is 35.5. The number of ether oxygens (including phenoxy) is 2. The summed E-state index contributed by atoms with van der Waals surface area (Å²) in [4.78, 5) is 28.6. The van der Waals surface area contributed by atoms with E-state index in [1.807, 2.05) is 0 Å². The topological polar surface area (TPSA) is 106 Å². The third kappa shape index (κ3) is 4.04. The summed E-state index contributed by atoms with van der Waals surface area (Å²) in [5, 5.41) is 18.5. The summed E-state index contributed by atoms with van der Waals surface area (Å²) in [5.41, 5.74) is 0.0582. The first-order valence-corrected chi connectivity index (χ1v) is 15.1. The minimum atomic E-state index is -1.42. The van der Waals surface area contributed by atoms with Crippen molar-refractivity contribution in [3.8, 4) is 11.6 Å². The molecule has 4 atom stereocenters. The Morgan fingerprint density at radius 2 is 2.14 bits per heavy atom. The van der Waals surface area contributed by atoms with Crippen LogP contribution in [0.2, 0.25) is 5.02 Å². The van der Waals surface area contributed by atoms with E-state index in [0.29, 0.717) is 45.5 Å². The van der Waals surface area contributed by atoms with Gasteiger partial charge in [-0.3, -0.25) is 9.69 Å². The molecule has 2 saturated heterocycles. The molecule has 3 aromatic rings. The number of aromatic carboxylic acids is 1. The fourth-order valence-corrected chi connectivity index (χ4v) is 7.47. The molecule has 2 N–H and O–H groups in total. The predicted molar refractivity (Wildman–Crippen MR) is 163 cm³/mol. The molecule has 3 fully saturated rings. The highest BCUT2D eigenvalue weighted by molar-refractivity contribution is 6.31. The number of nitrogens with one attached hydrogen (secondary N) is 1. The lowest BCUT2D eigenvalue weighted by molar-refractivity contribution is -0.128. The molecular formula is C32H29Cl2FN4O5. The zero-order valence-electron chi connectivity index (χ0n) is 23.9. The average Bonchev–Trinajstić information content (AvgIpc) is 3.62. The predicted octanol–water partition coefficient (Wildman–Crippen LogP) is 5.80. The molecule has 4 aliphatic rings. The number of likely N-dealkylation sites (tertiary alicyclic amines) is 1. The van der Waals surface area contributed by atoms with Gasteiger partial charge in [0.15, 0.2) is 0 Å². The Labute approximate surface area is 262 Å². The number of rotatable bonds is 6. The van der Waals surface area contributed by atoms with Crippen molar-refractivity contribution in [1.29, 1.82) is 0 Å². The molecule has 7 rings (SSSR count). The van der Waals surface area contributed by atoms with E-state index in [0.717, 1.165) is 12.8 Å². The van der Waals surface area contributed by atoms with Crippen LogP contribution >= 0.6 is 23.2 Å². The fourth-order valence-electron chi connectivity index (χ4n) is 7.18. The Balaban J connectivity index is 1.51. The molecule has 0 radical (unpaired) electrons. The molecule has 4 heterocycles. The van der Waals surface area contributed by atoms with E-state index < -0.39 is 35.3 Å². The van der Waals surface area contributed by atoms with Gasteiger partial charge in [0, 0.05) is 23.2 Å². The number of halogens is 3. The molecular weight excluding hydrogens is 610 g/mol. The normalized spacial score (nSPS) is 27.5. The first-order chi connectivity index (χ1) is 21.1. The number of fused-ring (bicyclic) bond motifs is 5. The SMILES string of the molecule is C=C1/C(=C\C(Cl)=C/C)NC(=O)[C@@]12[C@H](c1cccc(Cl)c1F)[C@@H]1[C@@H](COc3c4cc(OC)c(C(=O)O)cc4nn31)N2CC1CC1. The summed E-state index contributed by atoms with van der Waals surface area (Å²) >= 11 is 12.8. The summed E-state index contributed by atoms with van der Waals surface area (Å²) in [6.45, 7) is 6.96. The minimum absolute atomic E-state index is 0.0538. The second-order valence-electron chi connectivity index (χ2n) is 11.6. The van der Waals surface area contributed by atoms with Crippen molar-refractivity contribution >= 4 is 46.0 Å². The van der Waals surface area contributed by atoms with Crippen LogP contribution in [0.25, 0.3) is 10.9 Å². The van der Waals surface area contributed by atoms with Gasteiger partial charge in [-0.25, -0.2) is 13.9 Å². The van der Waals surface area contributed by atoms with E-state index in [-0.39, 0.29) is 34.4 Å². The van der Waals surface area contributed by atoms with Gasteiger partial charge in [0.2, 0.25) is 11.8 Å². The molecule has 44 heavy (non-hydrogen) atoms. The van der Waals surface area contributed by atoms with Gasteiger partial charge in [-0.2, -0.15) is 5.10 Å². The van der Waals surface area contributed by atoms with Crippen LogP contribution in [0.3, 0.4) is 0 Å². The van der Waals surface area contributed by atoms with E-state index in [2.05, 4.69) is 16.8 Å². The lowest BCUT2D eigenvalue weighted by Crippen LogP contribution is -2.57. The highest BCUT2D eigenvalue weighted by Gasteiger charge is 2.70. The van der Waals surface area contributed by atoms with Gasteiger partial charge in [-0.05, 0) is 61.1 Å². The minimum Gasteiger partial charge on any atom is -0.496 e. The summed E-state index contributed by atoms with van der Waals surface area (Å²) < 4.78 is 29.6. The van der Waals surface area contributed by atoms with Gasteiger partial charge in [0.1, 0.15) is 29.3 Å². The zero-order valence-corrected chi connectivity index (χ0v) is 25.5. The molecule has 9 nitrogen and oxygen atoms in total. The van der Waals surface area contributed by atoms with Gasteiger partial charge >= 0.3 is 5.97 Å². The third-order valence-electron chi connectivity index (χ3n) is 9.32. The molecule has 1 aromatic heterocycles. The summed E-state index contributed by atoms with van der Waals surface area (Å²) in [6.07, 6.45) is 5.38. The van der Waals surface area contributed by atoms with E-state index in [1.165, 1.54) is 19.2 Å². The lowest BCUT2D eigenvalue weighted by atomic mass is 9.73. The molecule has 0 bridgehead atoms. The molecule has 0 unspecified atom stereocenters. The van der Waals surface area contributed by atoms with Crippen LogP contribution in [-0.2, 0) is 4.79 Å². The molecule has 1 saturated carbocycles. The number of carboxylic acid groups (broad SMARTS) is 1. The molecule has 3 aliphatic heterocycles. The van der Waals surface area contributed by atoms with E-state index in [9.17, 15) is 14.7 Å². The lowest BCUT2D eigenvalue weighted by Gasteiger charge is -2.39. The molecule has 1 spiro atoms. The number of benzene rings is 2. The van der Waals surface area contributed by atoms with Gasteiger partial charge < -0.3 is 19.9 Å². The number of hydrogen-bond acceptors (Lipinski definition) is 6. The Hall–Kier alpha value is -3.86. The standard InChI is InChI=1S/C32H29Cl2FN4O5/c1-4-17(33)10-22-15(2)32(31(42)36-22)26(18-6-5-7-21(34)27(18)35)28-24(38(32)13-16-8-9-16)14-44-29-19-12-25(43-3)20(30(40)41)11-23(19)37-39(28)29/h4-7,10-12,16,24,26,28H,2,8-9,13-14H2,1,3H3,(H,36,42)(H,40,41)/b17-4+,22-10+/t24-,26-,28+,32+/m1/s1. The fraction of sp³-hybridized carbons (Fsp3) is 0.344. The van der Waals surface area contributed by atoms with E-state index in [4.69, 9.17) is 37.8 Å². The highest BCUT2D eigenvalue weighted by Crippen LogP contribution is 2.61. The quantitative estimate of drug-likeness (QED) is 0.352. The number of carbonyl (C=O) groups is 2. The maximum Gasteiger partial charge on any atom is 0.339 e. The van der Waals surface area contributed by atoms with Crippen molar-refractivity contribution in [2.24, 2.45) is 5.92 Å². The number of hydrogen-bond donors (Lipinski definition) is 2. The van der Waals surface area contributed by atoms with Gasteiger partial charge in [0.05, 0.1) is 35.1 Å². The van der Waals surface area contributed by atoms with Crippen LogP contribution in [0.15, 0.2) is 65.4 Å². The van der Waals surface area contributed by atoms with Crippen molar-refractivity contribution in [3.05, 3.63) is 87.3 Å². The number of nitrogens with zero attached hydrogens (tertiary/aromatic N) is 3. The smallest absolute Gasteiger partial charge is 0.339 e. The summed E-state index contributed by atoms with van der Waals surface area (Å²) in [6, 6.07) is 6.77. The Morgan fingerprint density at radius 1 is 1.36 bits per heavy atom. The van der Waals surface area contributed by atoms with Crippen molar-refractivity contribution < 1.29 is 28.6 Å².